The van der Waals surface area contributed by atoms with Crippen molar-refractivity contribution in [3.63, 3.8) is 0 Å². The number of amides is 1. The topological polar surface area (TPSA) is 55.1 Å². The summed E-state index contributed by atoms with van der Waals surface area (Å²) in [5.41, 5.74) is 7.61. The molecule has 3 N–H and O–H groups in total. The molecule has 3 nitrogen and oxygen atoms in total. The van der Waals surface area contributed by atoms with Gasteiger partial charge in [-0.05, 0) is 30.2 Å². The molecule has 0 aliphatic heterocycles. The number of carbonyl (C=O) groups excluding carboxylic acids is 1. The minimum atomic E-state index is -0.698. The monoisotopic (exact) mass is 322 g/mol. The zero-order valence-electron chi connectivity index (χ0n) is 11.5. The normalized spacial score (nSPS) is 13.5. The lowest BCUT2D eigenvalue weighted by Gasteiger charge is -2.18. The quantitative estimate of drug-likeness (QED) is 0.897. The number of hydrogen-bond donors (Lipinski definition) is 2. The Hall–Kier alpha value is -1.55. The van der Waals surface area contributed by atoms with E-state index < -0.39 is 6.04 Å². The predicted octanol–water partition coefficient (Wildman–Crippen LogP) is 3.87. The molecule has 0 aliphatic carbocycles. The van der Waals surface area contributed by atoms with E-state index in [9.17, 15) is 4.79 Å². The van der Waals surface area contributed by atoms with E-state index in [1.807, 2.05) is 43.3 Å². The lowest BCUT2D eigenvalue weighted by molar-refractivity contribution is -0.123. The molecule has 0 fully saturated rings. The second-order valence-corrected chi connectivity index (χ2v) is 5.61. The van der Waals surface area contributed by atoms with E-state index in [1.54, 1.807) is 12.1 Å². The Morgan fingerprint density at radius 3 is 2.33 bits per heavy atom. The molecule has 2 atom stereocenters. The van der Waals surface area contributed by atoms with Crippen LogP contribution in [0.5, 0.6) is 0 Å². The average Bonchev–Trinajstić information content (AvgIpc) is 2.50. The third-order valence-corrected chi connectivity index (χ3v) is 3.98. The molecule has 0 aliphatic rings. The largest absolute Gasteiger partial charge is 0.348 e. The van der Waals surface area contributed by atoms with Crippen LogP contribution in [0.15, 0.2) is 48.5 Å². The van der Waals surface area contributed by atoms with Crippen LogP contribution in [0.1, 0.15) is 30.1 Å². The highest BCUT2D eigenvalue weighted by Crippen LogP contribution is 2.25. The van der Waals surface area contributed by atoms with E-state index in [1.165, 1.54) is 0 Å². The maximum absolute atomic E-state index is 12.2. The molecule has 1 amide bonds. The van der Waals surface area contributed by atoms with Gasteiger partial charge in [0.2, 0.25) is 5.91 Å². The number of halogens is 2. The summed E-state index contributed by atoms with van der Waals surface area (Å²) in [5.74, 6) is -0.236. The Morgan fingerprint density at radius 2 is 1.71 bits per heavy atom. The molecule has 0 spiro atoms. The summed E-state index contributed by atoms with van der Waals surface area (Å²) < 4.78 is 0. The van der Waals surface area contributed by atoms with Crippen molar-refractivity contribution in [1.29, 1.82) is 0 Å². The summed E-state index contributed by atoms with van der Waals surface area (Å²) in [7, 11) is 0. The van der Waals surface area contributed by atoms with Gasteiger partial charge in [0.15, 0.2) is 0 Å². The van der Waals surface area contributed by atoms with Gasteiger partial charge in [-0.25, -0.2) is 0 Å². The van der Waals surface area contributed by atoms with Crippen LogP contribution in [0, 0.1) is 0 Å². The van der Waals surface area contributed by atoms with Crippen LogP contribution >= 0.6 is 23.2 Å². The number of rotatable bonds is 4. The fraction of sp³-hybridized carbons (Fsp3) is 0.188. The first kappa shape index (κ1) is 15.8. The van der Waals surface area contributed by atoms with Crippen molar-refractivity contribution in [3.8, 4) is 0 Å². The van der Waals surface area contributed by atoms with Crippen molar-refractivity contribution in [2.45, 2.75) is 19.0 Å². The highest BCUT2D eigenvalue weighted by molar-refractivity contribution is 6.42. The van der Waals surface area contributed by atoms with E-state index >= 15 is 0 Å². The summed E-state index contributed by atoms with van der Waals surface area (Å²) >= 11 is 11.9. The average molecular weight is 323 g/mol. The van der Waals surface area contributed by atoms with Crippen LogP contribution < -0.4 is 11.1 Å². The van der Waals surface area contributed by atoms with Crippen molar-refractivity contribution in [3.05, 3.63) is 69.7 Å². The van der Waals surface area contributed by atoms with Gasteiger partial charge in [0, 0.05) is 0 Å². The Morgan fingerprint density at radius 1 is 1.05 bits per heavy atom. The van der Waals surface area contributed by atoms with E-state index in [2.05, 4.69) is 5.32 Å². The van der Waals surface area contributed by atoms with Crippen LogP contribution in [-0.4, -0.2) is 5.91 Å². The van der Waals surface area contributed by atoms with Gasteiger partial charge in [0.05, 0.1) is 16.1 Å². The lowest BCUT2D eigenvalue weighted by atomic mass is 10.1. The van der Waals surface area contributed by atoms with Crippen molar-refractivity contribution in [1.82, 2.24) is 5.32 Å². The molecule has 110 valence electrons. The highest BCUT2D eigenvalue weighted by atomic mass is 35.5. The number of carbonyl (C=O) groups is 1. The second-order valence-electron chi connectivity index (χ2n) is 4.79. The first-order valence-electron chi connectivity index (χ1n) is 6.55. The Bertz CT molecular complexity index is 631. The van der Waals surface area contributed by atoms with Gasteiger partial charge in [-0.1, -0.05) is 59.6 Å². The van der Waals surface area contributed by atoms with Crippen LogP contribution in [0.2, 0.25) is 10.0 Å². The van der Waals surface area contributed by atoms with Crippen molar-refractivity contribution in [2.75, 3.05) is 0 Å². The maximum atomic E-state index is 12.2. The first-order chi connectivity index (χ1) is 9.99. The third-order valence-electron chi connectivity index (χ3n) is 3.24. The van der Waals surface area contributed by atoms with Gasteiger partial charge < -0.3 is 11.1 Å². The fourth-order valence-electron chi connectivity index (χ4n) is 1.98. The minimum absolute atomic E-state index is 0.206. The van der Waals surface area contributed by atoms with Crippen molar-refractivity contribution >= 4 is 29.1 Å². The summed E-state index contributed by atoms with van der Waals surface area (Å²) in [6.07, 6.45) is 0. The summed E-state index contributed by atoms with van der Waals surface area (Å²) in [5, 5.41) is 3.82. The molecular formula is C16H16Cl2N2O. The van der Waals surface area contributed by atoms with Crippen molar-refractivity contribution < 1.29 is 4.79 Å². The molecule has 0 saturated heterocycles. The van der Waals surface area contributed by atoms with Crippen LogP contribution in [-0.2, 0) is 4.79 Å². The van der Waals surface area contributed by atoms with Gasteiger partial charge in [-0.3, -0.25) is 4.79 Å². The predicted molar refractivity (Wildman–Crippen MR) is 86.4 cm³/mol. The van der Waals surface area contributed by atoms with E-state index in [-0.39, 0.29) is 11.9 Å². The zero-order valence-corrected chi connectivity index (χ0v) is 13.0. The van der Waals surface area contributed by atoms with Gasteiger partial charge in [0.1, 0.15) is 6.04 Å². The fourth-order valence-corrected chi connectivity index (χ4v) is 2.29. The maximum Gasteiger partial charge on any atom is 0.241 e. The first-order valence-corrected chi connectivity index (χ1v) is 7.30. The molecule has 0 bridgehead atoms. The molecular weight excluding hydrogens is 307 g/mol. The molecule has 5 heteroatoms. The second kappa shape index (κ2) is 6.94. The van der Waals surface area contributed by atoms with Crippen molar-refractivity contribution in [2.24, 2.45) is 5.73 Å². The molecule has 0 saturated carbocycles. The Balaban J connectivity index is 2.06. The lowest BCUT2D eigenvalue weighted by Crippen LogP contribution is -2.35. The van der Waals surface area contributed by atoms with E-state index in [0.29, 0.717) is 10.0 Å². The number of hydrogen-bond acceptors (Lipinski definition) is 2. The third kappa shape index (κ3) is 3.97. The van der Waals surface area contributed by atoms with E-state index in [4.69, 9.17) is 28.9 Å². The Labute approximate surface area is 134 Å². The van der Waals surface area contributed by atoms with Gasteiger partial charge in [-0.2, -0.15) is 0 Å². The Kier molecular flexibility index (Phi) is 5.23. The number of benzene rings is 2. The van der Waals surface area contributed by atoms with Gasteiger partial charge in [0.25, 0.3) is 0 Å². The van der Waals surface area contributed by atoms with Crippen LogP contribution in [0.4, 0.5) is 0 Å². The SMILES string of the molecule is CC(NC(=O)[C@@H](N)c1ccccc1)c1ccc(Cl)c(Cl)c1. The molecule has 2 rings (SSSR count). The van der Waals surface area contributed by atoms with Crippen LogP contribution in [0.25, 0.3) is 0 Å². The standard InChI is InChI=1S/C16H16Cl2N2O/c1-10(12-7-8-13(17)14(18)9-12)20-16(21)15(19)11-5-3-2-4-6-11/h2-10,15H,19H2,1H3,(H,20,21)/t10?,15-/m0/s1. The molecule has 0 aromatic heterocycles. The zero-order chi connectivity index (χ0) is 15.4. The molecule has 2 aromatic carbocycles. The molecule has 0 heterocycles. The van der Waals surface area contributed by atoms with Gasteiger partial charge in [-0.15, -0.1) is 0 Å². The van der Waals surface area contributed by atoms with E-state index in [0.717, 1.165) is 11.1 Å². The summed E-state index contributed by atoms with van der Waals surface area (Å²) in [4.78, 5) is 12.2. The minimum Gasteiger partial charge on any atom is -0.348 e. The molecule has 1 unspecified atom stereocenters. The van der Waals surface area contributed by atoms with Gasteiger partial charge >= 0.3 is 0 Å². The summed E-state index contributed by atoms with van der Waals surface area (Å²) in [6, 6.07) is 13.6. The van der Waals surface area contributed by atoms with Crippen LogP contribution in [0.3, 0.4) is 0 Å². The molecule has 2 aromatic rings. The number of nitrogens with two attached hydrogens (primary N) is 1. The smallest absolute Gasteiger partial charge is 0.241 e. The highest BCUT2D eigenvalue weighted by Gasteiger charge is 2.18. The summed E-state index contributed by atoms with van der Waals surface area (Å²) in [6.45, 7) is 1.87. The number of nitrogens with one attached hydrogen (secondary N) is 1. The molecule has 0 radical (unpaired) electrons. The molecule has 21 heavy (non-hydrogen) atoms.